The van der Waals surface area contributed by atoms with E-state index in [0.29, 0.717) is 5.82 Å². The average Bonchev–Trinajstić information content (AvgIpc) is 3.16. The largest absolute Gasteiger partial charge is 0.394 e. The van der Waals surface area contributed by atoms with E-state index in [9.17, 15) is 15.0 Å². The number of imidazole rings is 1. The van der Waals surface area contributed by atoms with Gasteiger partial charge in [-0.25, -0.2) is 4.98 Å². The molecule has 25 heavy (non-hydrogen) atoms. The maximum atomic E-state index is 12.2. The van der Waals surface area contributed by atoms with Crippen molar-refractivity contribution in [2.45, 2.75) is 24.9 Å². The number of aromatic amines is 1. The van der Waals surface area contributed by atoms with Gasteiger partial charge >= 0.3 is 0 Å². The van der Waals surface area contributed by atoms with Crippen LogP contribution in [0.15, 0.2) is 35.1 Å². The zero-order valence-corrected chi connectivity index (χ0v) is 13.2. The second kappa shape index (κ2) is 5.96. The third kappa shape index (κ3) is 2.58. The predicted octanol–water partition coefficient (Wildman–Crippen LogP) is 0.00950. The monoisotopic (exact) mass is 343 g/mol. The lowest BCUT2D eigenvalue weighted by molar-refractivity contribution is -0.0426. The first-order valence-corrected chi connectivity index (χ1v) is 7.86. The number of rotatable bonds is 3. The molecule has 1 unspecified atom stereocenters. The Morgan fingerprint density at radius 3 is 2.76 bits per heavy atom. The van der Waals surface area contributed by atoms with Crippen molar-refractivity contribution >= 4 is 17.1 Å². The van der Waals surface area contributed by atoms with Gasteiger partial charge in [-0.3, -0.25) is 14.3 Å². The molecule has 3 heterocycles. The number of ether oxygens (including phenoxy) is 1. The fourth-order valence-electron chi connectivity index (χ4n) is 3.10. The number of nitrogens with two attached hydrogens (primary N) is 1. The molecule has 4 rings (SSSR count). The Balaban J connectivity index is 1.96. The van der Waals surface area contributed by atoms with E-state index in [1.54, 1.807) is 4.57 Å². The topological polar surface area (TPSA) is 139 Å². The molecule has 0 aliphatic carbocycles. The number of fused-ring (bicyclic) bond motifs is 1. The zero-order valence-electron chi connectivity index (χ0n) is 13.2. The standard InChI is InChI=1S/C16H17N5O4/c17-16-19-14-12(15(24)20-16)18-13(8-4-2-1-3-5-8)21(14)11-6-9(23)10(7-22)25-11/h1-5,9-11,22-23H,6-7H2,(H3,17,19,20,24)/t9?,10-,11-/m1/s1. The van der Waals surface area contributed by atoms with Gasteiger partial charge in [0.05, 0.1) is 12.7 Å². The van der Waals surface area contributed by atoms with Gasteiger partial charge in [-0.05, 0) is 0 Å². The number of aliphatic hydroxyl groups is 2. The van der Waals surface area contributed by atoms with Crippen molar-refractivity contribution in [2.75, 3.05) is 12.3 Å². The molecule has 1 aromatic carbocycles. The SMILES string of the molecule is Nc1nc2c(nc(-c3ccccc3)n2[C@H]2CC(O)[C@@H](CO)O2)c(=O)[nH]1. The smallest absolute Gasteiger partial charge is 0.280 e. The first kappa shape index (κ1) is 15.8. The molecule has 3 atom stereocenters. The number of anilines is 1. The van der Waals surface area contributed by atoms with Gasteiger partial charge in [0.1, 0.15) is 18.2 Å². The summed E-state index contributed by atoms with van der Waals surface area (Å²) in [5.41, 5.74) is 6.41. The van der Waals surface area contributed by atoms with Crippen molar-refractivity contribution in [1.29, 1.82) is 0 Å². The molecule has 1 saturated heterocycles. The molecule has 0 amide bonds. The first-order valence-electron chi connectivity index (χ1n) is 7.86. The van der Waals surface area contributed by atoms with Gasteiger partial charge in [0.15, 0.2) is 11.2 Å². The molecular formula is C16H17N5O4. The second-order valence-corrected chi connectivity index (χ2v) is 5.91. The number of nitrogen functional groups attached to an aromatic ring is 1. The second-order valence-electron chi connectivity index (χ2n) is 5.91. The highest BCUT2D eigenvalue weighted by Gasteiger charge is 2.37. The van der Waals surface area contributed by atoms with Crippen LogP contribution in [-0.2, 0) is 4.74 Å². The molecule has 0 saturated carbocycles. The Bertz CT molecular complexity index is 968. The van der Waals surface area contributed by atoms with Crippen LogP contribution >= 0.6 is 0 Å². The van der Waals surface area contributed by atoms with E-state index in [2.05, 4.69) is 15.0 Å². The number of nitrogens with one attached hydrogen (secondary N) is 1. The summed E-state index contributed by atoms with van der Waals surface area (Å²) in [7, 11) is 0. The fourth-order valence-corrected chi connectivity index (χ4v) is 3.10. The minimum atomic E-state index is -0.824. The van der Waals surface area contributed by atoms with Crippen LogP contribution in [0.3, 0.4) is 0 Å². The van der Waals surface area contributed by atoms with Crippen LogP contribution in [0.4, 0.5) is 5.95 Å². The molecular weight excluding hydrogens is 326 g/mol. The number of benzene rings is 1. The van der Waals surface area contributed by atoms with Gasteiger partial charge < -0.3 is 20.7 Å². The highest BCUT2D eigenvalue weighted by Crippen LogP contribution is 2.34. The molecule has 1 aliphatic heterocycles. The molecule has 9 heteroatoms. The average molecular weight is 343 g/mol. The predicted molar refractivity (Wildman–Crippen MR) is 89.6 cm³/mol. The van der Waals surface area contributed by atoms with Gasteiger partial charge in [0.25, 0.3) is 5.56 Å². The molecule has 2 aromatic heterocycles. The van der Waals surface area contributed by atoms with E-state index in [0.717, 1.165) is 5.56 Å². The Kier molecular flexibility index (Phi) is 3.75. The van der Waals surface area contributed by atoms with Crippen LogP contribution in [0.1, 0.15) is 12.6 Å². The molecule has 1 fully saturated rings. The number of hydrogen-bond acceptors (Lipinski definition) is 7. The Morgan fingerprint density at radius 2 is 2.08 bits per heavy atom. The van der Waals surface area contributed by atoms with E-state index in [1.165, 1.54) is 0 Å². The summed E-state index contributed by atoms with van der Waals surface area (Å²) in [6.45, 7) is -0.304. The van der Waals surface area contributed by atoms with Gasteiger partial charge in [-0.15, -0.1) is 0 Å². The third-order valence-corrected chi connectivity index (χ3v) is 4.27. The molecule has 3 aromatic rings. The highest BCUT2D eigenvalue weighted by molar-refractivity contribution is 5.77. The van der Waals surface area contributed by atoms with Crippen molar-refractivity contribution in [3.63, 3.8) is 0 Å². The van der Waals surface area contributed by atoms with E-state index in [1.807, 2.05) is 30.3 Å². The molecule has 5 N–H and O–H groups in total. The van der Waals surface area contributed by atoms with Gasteiger partial charge in [-0.2, -0.15) is 4.98 Å². The lowest BCUT2D eigenvalue weighted by atomic mass is 10.2. The van der Waals surface area contributed by atoms with E-state index in [4.69, 9.17) is 10.5 Å². The number of hydrogen-bond donors (Lipinski definition) is 4. The maximum Gasteiger partial charge on any atom is 0.280 e. The summed E-state index contributed by atoms with van der Waals surface area (Å²) < 4.78 is 7.40. The van der Waals surface area contributed by atoms with Crippen LogP contribution in [0.5, 0.6) is 0 Å². The van der Waals surface area contributed by atoms with Crippen molar-refractivity contribution in [3.8, 4) is 11.4 Å². The number of aromatic nitrogens is 4. The van der Waals surface area contributed by atoms with Gasteiger partial charge in [0.2, 0.25) is 5.95 Å². The summed E-state index contributed by atoms with van der Waals surface area (Å²) >= 11 is 0. The summed E-state index contributed by atoms with van der Waals surface area (Å²) in [6.07, 6.45) is -1.91. The summed E-state index contributed by atoms with van der Waals surface area (Å²) in [6, 6.07) is 9.28. The normalized spacial score (nSPS) is 23.4. The quantitative estimate of drug-likeness (QED) is 0.525. The van der Waals surface area contributed by atoms with Crippen LogP contribution in [-0.4, -0.2) is 48.5 Å². The van der Waals surface area contributed by atoms with Crippen LogP contribution in [0.2, 0.25) is 0 Å². The van der Waals surface area contributed by atoms with Crippen LogP contribution in [0, 0.1) is 0 Å². The van der Waals surface area contributed by atoms with Gasteiger partial charge in [-0.1, -0.05) is 30.3 Å². The van der Waals surface area contributed by atoms with E-state index >= 15 is 0 Å². The minimum absolute atomic E-state index is 0.0319. The number of nitrogens with zero attached hydrogens (tertiary/aromatic N) is 3. The fraction of sp³-hybridized carbons (Fsp3) is 0.312. The van der Waals surface area contributed by atoms with Crippen molar-refractivity contribution < 1.29 is 14.9 Å². The molecule has 1 aliphatic rings. The zero-order chi connectivity index (χ0) is 17.6. The Labute approximate surface area is 141 Å². The number of aliphatic hydroxyl groups excluding tert-OH is 2. The summed E-state index contributed by atoms with van der Waals surface area (Å²) in [5, 5.41) is 19.4. The number of H-pyrrole nitrogens is 1. The van der Waals surface area contributed by atoms with Crippen molar-refractivity contribution in [3.05, 3.63) is 40.7 Å². The van der Waals surface area contributed by atoms with E-state index < -0.39 is 24.0 Å². The van der Waals surface area contributed by atoms with Crippen molar-refractivity contribution in [2.24, 2.45) is 0 Å². The van der Waals surface area contributed by atoms with Crippen LogP contribution < -0.4 is 11.3 Å². The van der Waals surface area contributed by atoms with Crippen molar-refractivity contribution in [1.82, 2.24) is 19.5 Å². The highest BCUT2D eigenvalue weighted by atomic mass is 16.5. The lowest BCUT2D eigenvalue weighted by Gasteiger charge is -2.16. The Hall–Kier alpha value is -2.75. The third-order valence-electron chi connectivity index (χ3n) is 4.27. The molecule has 0 radical (unpaired) electrons. The molecule has 0 spiro atoms. The summed E-state index contributed by atoms with van der Waals surface area (Å²) in [5.74, 6) is 0.450. The van der Waals surface area contributed by atoms with Gasteiger partial charge in [0, 0.05) is 12.0 Å². The lowest BCUT2D eigenvalue weighted by Crippen LogP contribution is -2.24. The van der Waals surface area contributed by atoms with Crippen LogP contribution in [0.25, 0.3) is 22.6 Å². The molecule has 0 bridgehead atoms. The van der Waals surface area contributed by atoms with E-state index in [-0.39, 0.29) is 30.1 Å². The minimum Gasteiger partial charge on any atom is -0.394 e. The molecule has 9 nitrogen and oxygen atoms in total. The summed E-state index contributed by atoms with van der Waals surface area (Å²) in [4.78, 5) is 23.3. The maximum absolute atomic E-state index is 12.2. The first-order chi connectivity index (χ1) is 12.1. The molecule has 130 valence electrons. The Morgan fingerprint density at radius 1 is 1.32 bits per heavy atom.